The number of benzene rings is 2. The molecule has 0 aliphatic carbocycles. The van der Waals surface area contributed by atoms with Crippen molar-refractivity contribution in [3.63, 3.8) is 0 Å². The predicted octanol–water partition coefficient (Wildman–Crippen LogP) is 4.07. The lowest BCUT2D eigenvalue weighted by Crippen LogP contribution is -2.27. The van der Waals surface area contributed by atoms with Gasteiger partial charge in [0.2, 0.25) is 11.8 Å². The number of nitrogens with zero attached hydrogens (tertiary/aromatic N) is 3. The maximum Gasteiger partial charge on any atom is 0.233 e. The minimum absolute atomic E-state index is 0.00844. The molecule has 0 radical (unpaired) electrons. The molecule has 2 aromatic carbocycles. The predicted molar refractivity (Wildman–Crippen MR) is 132 cm³/mol. The smallest absolute Gasteiger partial charge is 0.233 e. The summed E-state index contributed by atoms with van der Waals surface area (Å²) in [7, 11) is 3.46. The summed E-state index contributed by atoms with van der Waals surface area (Å²) in [6.07, 6.45) is 0.911. The number of carbonyl (C=O) groups excluding carboxylic acids is 2. The van der Waals surface area contributed by atoms with Crippen LogP contribution in [0.4, 0.5) is 0 Å². The van der Waals surface area contributed by atoms with Crippen molar-refractivity contribution < 1.29 is 14.3 Å². The molecule has 7 nitrogen and oxygen atoms in total. The van der Waals surface area contributed by atoms with E-state index in [9.17, 15) is 9.59 Å². The number of amides is 2. The minimum Gasteiger partial charge on any atom is -0.497 e. The maximum absolute atomic E-state index is 12.6. The molecule has 0 saturated heterocycles. The molecule has 1 aromatic heterocycles. The fraction of sp³-hybridized carbons (Fsp3) is 0.364. The molecule has 2 amide bonds. The van der Waals surface area contributed by atoms with Crippen molar-refractivity contribution in [2.45, 2.75) is 28.6 Å². The number of carbonyl (C=O) groups is 2. The lowest BCUT2D eigenvalue weighted by Gasteiger charge is -2.17. The van der Waals surface area contributed by atoms with Crippen LogP contribution in [0.2, 0.25) is 0 Å². The van der Waals surface area contributed by atoms with E-state index in [1.165, 1.54) is 34.9 Å². The first kappa shape index (κ1) is 24.3. The Kier molecular flexibility index (Phi) is 9.19. The highest BCUT2D eigenvalue weighted by Gasteiger charge is 2.13. The van der Waals surface area contributed by atoms with Crippen molar-refractivity contribution in [3.8, 4) is 5.75 Å². The number of ether oxygens (including phenoxy) is 1. The molecule has 170 valence electrons. The zero-order chi connectivity index (χ0) is 22.9. The summed E-state index contributed by atoms with van der Waals surface area (Å²) in [6.45, 7) is 3.23. The summed E-state index contributed by atoms with van der Waals surface area (Å²) < 4.78 is 6.72. The zero-order valence-corrected chi connectivity index (χ0v) is 20.7. The average molecular weight is 491 g/mol. The van der Waals surface area contributed by atoms with Crippen molar-refractivity contribution in [3.05, 3.63) is 42.0 Å². The van der Waals surface area contributed by atoms with Gasteiger partial charge in [-0.15, -0.1) is 10.2 Å². The molecule has 1 heterocycles. The van der Waals surface area contributed by atoms with Crippen molar-refractivity contribution in [2.24, 2.45) is 0 Å². The van der Waals surface area contributed by atoms with Crippen molar-refractivity contribution in [1.82, 2.24) is 20.4 Å². The Morgan fingerprint density at radius 1 is 1.06 bits per heavy atom. The molecular formula is C22H26N4O3S3. The zero-order valence-electron chi connectivity index (χ0n) is 18.3. The van der Waals surface area contributed by atoms with Crippen LogP contribution in [0, 0.1) is 0 Å². The first-order valence-electron chi connectivity index (χ1n) is 10.1. The summed E-state index contributed by atoms with van der Waals surface area (Å²) in [6, 6.07) is 12.1. The van der Waals surface area contributed by atoms with Gasteiger partial charge >= 0.3 is 0 Å². The summed E-state index contributed by atoms with van der Waals surface area (Å²) in [5.74, 6) is 1.45. The Balaban J connectivity index is 1.47. The summed E-state index contributed by atoms with van der Waals surface area (Å²) in [4.78, 5) is 26.0. The van der Waals surface area contributed by atoms with E-state index in [2.05, 4.69) is 21.6 Å². The van der Waals surface area contributed by atoms with Crippen molar-refractivity contribution in [1.29, 1.82) is 0 Å². The van der Waals surface area contributed by atoms with Gasteiger partial charge in [0.15, 0.2) is 8.68 Å². The van der Waals surface area contributed by atoms with Crippen LogP contribution < -0.4 is 10.1 Å². The van der Waals surface area contributed by atoms with Crippen LogP contribution in [0.5, 0.6) is 5.75 Å². The molecule has 0 atom stereocenters. The number of hydrogen-bond donors (Lipinski definition) is 1. The Labute approximate surface area is 200 Å². The topological polar surface area (TPSA) is 84.4 Å². The first-order valence-corrected chi connectivity index (χ1v) is 12.9. The molecule has 0 aliphatic rings. The highest BCUT2D eigenvalue weighted by atomic mass is 32.2. The van der Waals surface area contributed by atoms with E-state index in [0.717, 1.165) is 37.2 Å². The van der Waals surface area contributed by atoms with Gasteiger partial charge in [-0.05, 0) is 41.0 Å². The van der Waals surface area contributed by atoms with E-state index in [1.807, 2.05) is 37.3 Å². The molecular weight excluding hydrogens is 464 g/mol. The third-order valence-electron chi connectivity index (χ3n) is 4.56. The third kappa shape index (κ3) is 7.11. The van der Waals surface area contributed by atoms with Gasteiger partial charge in [-0.25, -0.2) is 0 Å². The Morgan fingerprint density at radius 3 is 2.47 bits per heavy atom. The summed E-state index contributed by atoms with van der Waals surface area (Å²) in [5.41, 5.74) is 1.07. The van der Waals surface area contributed by atoms with Crippen molar-refractivity contribution in [2.75, 3.05) is 32.2 Å². The maximum atomic E-state index is 12.6. The Hall–Kier alpha value is -2.30. The van der Waals surface area contributed by atoms with Gasteiger partial charge in [0, 0.05) is 20.1 Å². The van der Waals surface area contributed by atoms with Gasteiger partial charge in [-0.2, -0.15) is 0 Å². The van der Waals surface area contributed by atoms with Gasteiger partial charge in [0.1, 0.15) is 5.75 Å². The molecule has 0 spiro atoms. The fourth-order valence-electron chi connectivity index (χ4n) is 2.85. The van der Waals surface area contributed by atoms with E-state index in [0.29, 0.717) is 18.8 Å². The SMILES string of the molecule is CCCNC(=O)CSc1nnc(SCC(=O)N(C)Cc2ccc3cc(OC)ccc3c2)s1. The number of fused-ring (bicyclic) bond motifs is 1. The largest absolute Gasteiger partial charge is 0.497 e. The van der Waals surface area contributed by atoms with Gasteiger partial charge in [0.05, 0.1) is 18.6 Å². The quantitative estimate of drug-likeness (QED) is 0.406. The molecule has 0 unspecified atom stereocenters. The fourth-order valence-corrected chi connectivity index (χ4v) is 5.64. The lowest BCUT2D eigenvalue weighted by atomic mass is 10.1. The second-order valence-corrected chi connectivity index (χ2v) is 10.5. The van der Waals surface area contributed by atoms with Crippen LogP contribution in [-0.4, -0.2) is 59.1 Å². The second kappa shape index (κ2) is 12.1. The lowest BCUT2D eigenvalue weighted by molar-refractivity contribution is -0.127. The number of methoxy groups -OCH3 is 1. The number of hydrogen-bond acceptors (Lipinski definition) is 8. The van der Waals surface area contributed by atoms with Crippen LogP contribution in [0.25, 0.3) is 10.8 Å². The number of thioether (sulfide) groups is 2. The van der Waals surface area contributed by atoms with Gasteiger partial charge in [0.25, 0.3) is 0 Å². The van der Waals surface area contributed by atoms with Crippen LogP contribution in [-0.2, 0) is 16.1 Å². The highest BCUT2D eigenvalue weighted by Crippen LogP contribution is 2.29. The standard InChI is InChI=1S/C22H26N4O3S3/c1-4-9-23-19(27)13-30-21-24-25-22(32-21)31-14-20(28)26(2)12-15-5-6-17-11-18(29-3)8-7-16(17)10-15/h5-8,10-11H,4,9,12-14H2,1-3H3,(H,23,27). The van der Waals surface area contributed by atoms with Crippen LogP contribution >= 0.6 is 34.9 Å². The normalized spacial score (nSPS) is 10.8. The van der Waals surface area contributed by atoms with E-state index in [4.69, 9.17) is 4.74 Å². The first-order chi connectivity index (χ1) is 15.5. The molecule has 0 aliphatic heterocycles. The molecule has 3 rings (SSSR count). The number of aromatic nitrogens is 2. The Bertz CT molecular complexity index is 1070. The number of rotatable bonds is 11. The molecule has 0 bridgehead atoms. The monoisotopic (exact) mass is 490 g/mol. The van der Waals surface area contributed by atoms with Crippen LogP contribution in [0.3, 0.4) is 0 Å². The molecule has 1 N–H and O–H groups in total. The Morgan fingerprint density at radius 2 is 1.75 bits per heavy atom. The van der Waals surface area contributed by atoms with Crippen molar-refractivity contribution >= 4 is 57.4 Å². The average Bonchev–Trinajstić information content (AvgIpc) is 3.27. The van der Waals surface area contributed by atoms with Gasteiger partial charge in [-0.3, -0.25) is 9.59 Å². The highest BCUT2D eigenvalue weighted by molar-refractivity contribution is 8.03. The molecule has 32 heavy (non-hydrogen) atoms. The summed E-state index contributed by atoms with van der Waals surface area (Å²) in [5, 5.41) is 13.3. The van der Waals surface area contributed by atoms with E-state index >= 15 is 0 Å². The molecule has 0 fully saturated rings. The minimum atomic E-state index is -0.00844. The van der Waals surface area contributed by atoms with E-state index in [1.54, 1.807) is 19.1 Å². The van der Waals surface area contributed by atoms with Crippen LogP contribution in [0.1, 0.15) is 18.9 Å². The molecule has 0 saturated carbocycles. The number of nitrogens with one attached hydrogen (secondary N) is 1. The molecule has 10 heteroatoms. The van der Waals surface area contributed by atoms with E-state index in [-0.39, 0.29) is 17.6 Å². The summed E-state index contributed by atoms with van der Waals surface area (Å²) >= 11 is 4.13. The molecule has 3 aromatic rings. The van der Waals surface area contributed by atoms with Crippen LogP contribution in [0.15, 0.2) is 45.1 Å². The van der Waals surface area contributed by atoms with Gasteiger partial charge < -0.3 is 15.0 Å². The van der Waals surface area contributed by atoms with E-state index < -0.39 is 0 Å². The van der Waals surface area contributed by atoms with Gasteiger partial charge in [-0.1, -0.05) is 60.0 Å². The second-order valence-electron chi connectivity index (χ2n) is 7.06. The third-order valence-corrected chi connectivity index (χ3v) is 7.74.